The number of halogens is 1. The first kappa shape index (κ1) is 16.3. The monoisotopic (exact) mass is 308 g/mol. The van der Waals surface area contributed by atoms with Gasteiger partial charge in [-0.25, -0.2) is 0 Å². The van der Waals surface area contributed by atoms with Crippen molar-refractivity contribution in [2.45, 2.75) is 38.0 Å². The molecule has 21 heavy (non-hydrogen) atoms. The third kappa shape index (κ3) is 3.98. The van der Waals surface area contributed by atoms with Gasteiger partial charge in [-0.3, -0.25) is 4.79 Å². The van der Waals surface area contributed by atoms with Gasteiger partial charge in [0.15, 0.2) is 0 Å². The molecule has 1 aromatic rings. The van der Waals surface area contributed by atoms with E-state index >= 15 is 0 Å². The van der Waals surface area contributed by atoms with E-state index < -0.39 is 0 Å². The molecule has 1 heterocycles. The van der Waals surface area contributed by atoms with Gasteiger partial charge in [0.2, 0.25) is 5.91 Å². The molecule has 1 saturated heterocycles. The molecule has 2 atom stereocenters. The second-order valence-corrected chi connectivity index (χ2v) is 6.08. The molecule has 1 amide bonds. The number of amides is 1. The Balaban J connectivity index is 0.00000161. The summed E-state index contributed by atoms with van der Waals surface area (Å²) in [5.41, 5.74) is 2.91. The first-order valence-corrected chi connectivity index (χ1v) is 7.91. The highest BCUT2D eigenvalue weighted by Gasteiger charge is 2.24. The van der Waals surface area contributed by atoms with Crippen LogP contribution in [-0.2, 0) is 11.2 Å². The van der Waals surface area contributed by atoms with E-state index in [0.717, 1.165) is 32.5 Å². The number of nitrogens with one attached hydrogen (secondary N) is 2. The third-order valence-corrected chi connectivity index (χ3v) is 4.68. The van der Waals surface area contributed by atoms with Crippen LogP contribution in [0.4, 0.5) is 0 Å². The minimum Gasteiger partial charge on any atom is -0.355 e. The largest absolute Gasteiger partial charge is 0.355 e. The molecule has 4 heteroatoms. The molecule has 2 N–H and O–H groups in total. The zero-order valence-electron chi connectivity index (χ0n) is 12.4. The molecule has 0 bridgehead atoms. The van der Waals surface area contributed by atoms with Crippen LogP contribution < -0.4 is 10.6 Å². The summed E-state index contributed by atoms with van der Waals surface area (Å²) in [5, 5.41) is 6.49. The Bertz CT molecular complexity index is 472. The molecular weight excluding hydrogens is 284 g/mol. The fourth-order valence-corrected chi connectivity index (χ4v) is 3.51. The van der Waals surface area contributed by atoms with Gasteiger partial charge in [0.05, 0.1) is 5.92 Å². The highest BCUT2D eigenvalue weighted by Crippen LogP contribution is 2.30. The predicted molar refractivity (Wildman–Crippen MR) is 88.0 cm³/mol. The number of carbonyl (C=O) groups is 1. The molecule has 3 rings (SSSR count). The van der Waals surface area contributed by atoms with Crippen LogP contribution in [0.2, 0.25) is 0 Å². The fourth-order valence-electron chi connectivity index (χ4n) is 3.51. The molecule has 2 aliphatic rings. The van der Waals surface area contributed by atoms with E-state index in [9.17, 15) is 4.79 Å². The molecule has 1 aliphatic heterocycles. The summed E-state index contributed by atoms with van der Waals surface area (Å²) in [7, 11) is 0. The Kier molecular flexibility index (Phi) is 6.07. The highest BCUT2D eigenvalue weighted by atomic mass is 35.5. The summed E-state index contributed by atoms with van der Waals surface area (Å²) in [4.78, 5) is 12.2. The Labute approximate surface area is 133 Å². The maximum atomic E-state index is 12.2. The molecular formula is C17H25ClN2O. The number of fused-ring (bicyclic) bond motifs is 1. The van der Waals surface area contributed by atoms with Crippen molar-refractivity contribution in [1.82, 2.24) is 10.6 Å². The number of hydrogen-bond acceptors (Lipinski definition) is 2. The van der Waals surface area contributed by atoms with Crippen molar-refractivity contribution in [3.63, 3.8) is 0 Å². The van der Waals surface area contributed by atoms with Gasteiger partial charge in [0.25, 0.3) is 0 Å². The fraction of sp³-hybridized carbons (Fsp3) is 0.588. The van der Waals surface area contributed by atoms with E-state index in [4.69, 9.17) is 0 Å². The molecule has 3 nitrogen and oxygen atoms in total. The molecule has 2 unspecified atom stereocenters. The third-order valence-electron chi connectivity index (χ3n) is 4.68. The number of carbonyl (C=O) groups excluding carboxylic acids is 1. The van der Waals surface area contributed by atoms with Crippen molar-refractivity contribution in [2.24, 2.45) is 5.92 Å². The lowest BCUT2D eigenvalue weighted by Gasteiger charge is -2.27. The summed E-state index contributed by atoms with van der Waals surface area (Å²) < 4.78 is 0. The van der Waals surface area contributed by atoms with Crippen LogP contribution >= 0.6 is 12.4 Å². The van der Waals surface area contributed by atoms with Gasteiger partial charge in [-0.1, -0.05) is 24.3 Å². The number of rotatable bonds is 3. The Morgan fingerprint density at radius 2 is 2.10 bits per heavy atom. The summed E-state index contributed by atoms with van der Waals surface area (Å²) in [6.45, 7) is 2.69. The molecule has 1 aliphatic carbocycles. The van der Waals surface area contributed by atoms with Crippen LogP contribution in [0.15, 0.2) is 24.3 Å². The van der Waals surface area contributed by atoms with Crippen LogP contribution in [0.25, 0.3) is 0 Å². The summed E-state index contributed by atoms with van der Waals surface area (Å²) >= 11 is 0. The van der Waals surface area contributed by atoms with E-state index in [-0.39, 0.29) is 24.2 Å². The van der Waals surface area contributed by atoms with E-state index in [0.29, 0.717) is 5.92 Å². The van der Waals surface area contributed by atoms with Gasteiger partial charge in [0, 0.05) is 19.0 Å². The van der Waals surface area contributed by atoms with E-state index in [1.54, 1.807) is 0 Å². The lowest BCUT2D eigenvalue weighted by Crippen LogP contribution is -2.41. The van der Waals surface area contributed by atoms with Crippen LogP contribution in [0.3, 0.4) is 0 Å². The molecule has 0 radical (unpaired) electrons. The van der Waals surface area contributed by atoms with Crippen molar-refractivity contribution in [3.05, 3.63) is 35.4 Å². The van der Waals surface area contributed by atoms with Gasteiger partial charge < -0.3 is 10.6 Å². The zero-order chi connectivity index (χ0) is 13.8. The van der Waals surface area contributed by atoms with Gasteiger partial charge in [-0.2, -0.15) is 0 Å². The summed E-state index contributed by atoms with van der Waals surface area (Å²) in [5.74, 6) is 0.906. The Morgan fingerprint density at radius 3 is 2.90 bits per heavy atom. The smallest absolute Gasteiger partial charge is 0.224 e. The highest BCUT2D eigenvalue weighted by molar-refractivity contribution is 5.85. The lowest BCUT2D eigenvalue weighted by molar-refractivity contribution is -0.125. The van der Waals surface area contributed by atoms with Gasteiger partial charge in [0.1, 0.15) is 0 Å². The van der Waals surface area contributed by atoms with Crippen LogP contribution in [0.1, 0.15) is 42.7 Å². The van der Waals surface area contributed by atoms with E-state index in [1.165, 1.54) is 30.4 Å². The van der Waals surface area contributed by atoms with Crippen molar-refractivity contribution in [1.29, 1.82) is 0 Å². The quantitative estimate of drug-likeness (QED) is 0.901. The topological polar surface area (TPSA) is 41.1 Å². The van der Waals surface area contributed by atoms with E-state index in [1.807, 2.05) is 0 Å². The van der Waals surface area contributed by atoms with Crippen molar-refractivity contribution in [3.8, 4) is 0 Å². The second-order valence-electron chi connectivity index (χ2n) is 6.08. The maximum absolute atomic E-state index is 12.2. The summed E-state index contributed by atoms with van der Waals surface area (Å²) in [6.07, 6.45) is 5.76. The van der Waals surface area contributed by atoms with Crippen LogP contribution in [-0.4, -0.2) is 25.5 Å². The molecule has 1 fully saturated rings. The number of benzene rings is 1. The number of piperidine rings is 1. The van der Waals surface area contributed by atoms with Crippen LogP contribution in [0, 0.1) is 5.92 Å². The average Bonchev–Trinajstić information content (AvgIpc) is 2.53. The SMILES string of the molecule is Cl.O=C(NCC1CCCc2ccccc21)C1CCCNC1. The van der Waals surface area contributed by atoms with Crippen molar-refractivity contribution in [2.75, 3.05) is 19.6 Å². The zero-order valence-corrected chi connectivity index (χ0v) is 13.3. The first-order valence-electron chi connectivity index (χ1n) is 7.91. The van der Waals surface area contributed by atoms with Gasteiger partial charge in [-0.15, -0.1) is 12.4 Å². The lowest BCUT2D eigenvalue weighted by atomic mass is 9.83. The molecule has 116 valence electrons. The van der Waals surface area contributed by atoms with Crippen molar-refractivity contribution < 1.29 is 4.79 Å². The average molecular weight is 309 g/mol. The molecule has 1 aromatic carbocycles. The van der Waals surface area contributed by atoms with Crippen LogP contribution in [0.5, 0.6) is 0 Å². The number of aryl methyl sites for hydroxylation is 1. The maximum Gasteiger partial charge on any atom is 0.224 e. The minimum absolute atomic E-state index is 0. The van der Waals surface area contributed by atoms with Gasteiger partial charge in [-0.05, 0) is 49.8 Å². The predicted octanol–water partition coefficient (Wildman–Crippen LogP) is 2.64. The van der Waals surface area contributed by atoms with E-state index in [2.05, 4.69) is 34.9 Å². The number of hydrogen-bond donors (Lipinski definition) is 2. The summed E-state index contributed by atoms with van der Waals surface area (Å²) in [6, 6.07) is 8.69. The molecule has 0 aromatic heterocycles. The minimum atomic E-state index is 0. The normalized spacial score (nSPS) is 24.6. The van der Waals surface area contributed by atoms with Crippen molar-refractivity contribution >= 4 is 18.3 Å². The standard InChI is InChI=1S/C17H24N2O.ClH/c20-17(15-8-4-10-18-11-15)19-12-14-7-3-6-13-5-1-2-9-16(13)14;/h1-2,5,9,14-15,18H,3-4,6-8,10-12H2,(H,19,20);1H. The second kappa shape index (κ2) is 7.81. The molecule has 0 spiro atoms. The Hall–Kier alpha value is -1.06. The van der Waals surface area contributed by atoms with Gasteiger partial charge >= 0.3 is 0 Å². The Morgan fingerprint density at radius 1 is 1.24 bits per heavy atom. The molecule has 0 saturated carbocycles. The first-order chi connectivity index (χ1) is 9.84.